The first kappa shape index (κ1) is 27.5. The Balaban J connectivity index is 1.82. The van der Waals surface area contributed by atoms with Crippen LogP contribution in [-0.2, 0) is 17.3 Å². The minimum Gasteiger partial charge on any atom is -0.289 e. The van der Waals surface area contributed by atoms with Crippen LogP contribution >= 0.6 is 11.6 Å². The third-order valence-electron chi connectivity index (χ3n) is 6.95. The summed E-state index contributed by atoms with van der Waals surface area (Å²) in [5.41, 5.74) is 1.98. The Morgan fingerprint density at radius 1 is 0.605 bits per heavy atom. The van der Waals surface area contributed by atoms with Gasteiger partial charge in [-0.05, 0) is 28.9 Å². The molecule has 0 unspecified atom stereocenters. The maximum absolute atomic E-state index is 16.1. The second-order valence-electron chi connectivity index (χ2n) is 11.3. The fourth-order valence-electron chi connectivity index (χ4n) is 4.92. The van der Waals surface area contributed by atoms with Crippen molar-refractivity contribution in [3.05, 3.63) is 139 Å². The van der Waals surface area contributed by atoms with Crippen LogP contribution in [0, 0.1) is 5.82 Å². The fourth-order valence-corrected chi connectivity index (χ4v) is 5.16. The summed E-state index contributed by atoms with van der Waals surface area (Å²) in [5, 5.41) is 0.498. The van der Waals surface area contributed by atoms with Crippen molar-refractivity contribution in [2.24, 2.45) is 0 Å². The Bertz CT molecular complexity index is 1620. The third kappa shape index (κ3) is 5.49. The average Bonchev–Trinajstić information content (AvgIpc) is 3.16. The molecule has 0 N–H and O–H groups in total. The first-order valence-electron chi connectivity index (χ1n) is 12.7. The van der Waals surface area contributed by atoms with Gasteiger partial charge in [-0.25, -0.2) is 4.39 Å². The Morgan fingerprint density at radius 3 is 1.68 bits per heavy atom. The van der Waals surface area contributed by atoms with Crippen molar-refractivity contribution in [2.45, 2.75) is 51.9 Å². The molecule has 2 nitrogen and oxygen atoms in total. The van der Waals surface area contributed by atoms with E-state index in [0.29, 0.717) is 38.4 Å². The maximum atomic E-state index is 16.1. The molecule has 0 aromatic heterocycles. The molecule has 0 fully saturated rings. The van der Waals surface area contributed by atoms with Crippen molar-refractivity contribution >= 4 is 11.6 Å². The van der Waals surface area contributed by atoms with Crippen LogP contribution in [0.15, 0.2) is 101 Å². The van der Waals surface area contributed by atoms with Gasteiger partial charge in [-0.3, -0.25) is 9.59 Å². The summed E-state index contributed by atoms with van der Waals surface area (Å²) in [5.74, 6) is -0.442. The SMILES string of the molecule is CC(C)(C)c1ccccc(-c2cccc(CC(C)(C)c3ccccc(-c4ccccc4Cl)c3=O)c2F)c1=O. The lowest BCUT2D eigenvalue weighted by molar-refractivity contribution is 0.499. The van der Waals surface area contributed by atoms with Gasteiger partial charge < -0.3 is 0 Å². The monoisotopic (exact) mass is 526 g/mol. The van der Waals surface area contributed by atoms with Crippen molar-refractivity contribution in [2.75, 3.05) is 0 Å². The Labute approximate surface area is 228 Å². The van der Waals surface area contributed by atoms with Gasteiger partial charge in [0, 0.05) is 38.4 Å². The zero-order chi connectivity index (χ0) is 27.7. The number of rotatable bonds is 5. The van der Waals surface area contributed by atoms with Crippen LogP contribution in [0.25, 0.3) is 22.3 Å². The van der Waals surface area contributed by atoms with Gasteiger partial charge in [0.15, 0.2) is 10.9 Å². The second-order valence-corrected chi connectivity index (χ2v) is 11.7. The Kier molecular flexibility index (Phi) is 7.71. The summed E-state index contributed by atoms with van der Waals surface area (Å²) < 4.78 is 16.1. The largest absolute Gasteiger partial charge is 0.289 e. The lowest BCUT2D eigenvalue weighted by Crippen LogP contribution is -2.28. The van der Waals surface area contributed by atoms with E-state index in [4.69, 9.17) is 11.6 Å². The highest BCUT2D eigenvalue weighted by Gasteiger charge is 2.28. The van der Waals surface area contributed by atoms with Crippen molar-refractivity contribution < 1.29 is 4.39 Å². The molecule has 0 heterocycles. The first-order valence-corrected chi connectivity index (χ1v) is 13.1. The van der Waals surface area contributed by atoms with E-state index < -0.39 is 11.2 Å². The highest BCUT2D eigenvalue weighted by atomic mass is 35.5. The summed E-state index contributed by atoms with van der Waals surface area (Å²) in [6.45, 7) is 9.79. The molecule has 0 radical (unpaired) electrons. The van der Waals surface area contributed by atoms with Gasteiger partial charge in [0.25, 0.3) is 0 Å². The molecule has 0 saturated carbocycles. The predicted octanol–water partition coefficient (Wildman–Crippen LogP) is 8.35. The first-order chi connectivity index (χ1) is 17.9. The average molecular weight is 527 g/mol. The van der Waals surface area contributed by atoms with Gasteiger partial charge >= 0.3 is 0 Å². The topological polar surface area (TPSA) is 34.1 Å². The van der Waals surface area contributed by atoms with Crippen molar-refractivity contribution in [3.63, 3.8) is 0 Å². The molecule has 38 heavy (non-hydrogen) atoms. The van der Waals surface area contributed by atoms with Crippen LogP contribution in [0.4, 0.5) is 4.39 Å². The maximum Gasteiger partial charge on any atom is 0.190 e. The normalized spacial score (nSPS) is 11.9. The quantitative estimate of drug-likeness (QED) is 0.262. The van der Waals surface area contributed by atoms with Crippen LogP contribution in [0.2, 0.25) is 5.02 Å². The highest BCUT2D eigenvalue weighted by molar-refractivity contribution is 6.33. The van der Waals surface area contributed by atoms with Crippen LogP contribution in [0.3, 0.4) is 0 Å². The number of halogens is 2. The molecule has 0 aliphatic rings. The standard InChI is InChI=1S/C34H32ClFO2/c1-33(2,3)27-18-9-6-16-26(31(27)37)24-17-12-13-22(30(24)36)21-34(4,5)28-19-10-7-15-25(32(28)38)23-14-8-11-20-29(23)35/h6-20H,21H2,1-5H3. The second kappa shape index (κ2) is 10.7. The molecule has 4 heteroatoms. The molecule has 4 aromatic rings. The molecule has 0 aliphatic carbocycles. The molecule has 0 amide bonds. The van der Waals surface area contributed by atoms with Gasteiger partial charge in [-0.1, -0.05) is 131 Å². The molecule has 4 rings (SSSR count). The highest BCUT2D eigenvalue weighted by Crippen LogP contribution is 2.32. The number of hydrogen-bond donors (Lipinski definition) is 0. The van der Waals surface area contributed by atoms with Gasteiger partial charge in [-0.15, -0.1) is 0 Å². The Morgan fingerprint density at radius 2 is 1.08 bits per heavy atom. The van der Waals surface area contributed by atoms with Crippen LogP contribution in [0.1, 0.15) is 51.3 Å². The van der Waals surface area contributed by atoms with E-state index >= 15 is 4.39 Å². The minimum atomic E-state index is -0.705. The minimum absolute atomic E-state index is 0.142. The van der Waals surface area contributed by atoms with Gasteiger partial charge in [0.05, 0.1) is 0 Å². The van der Waals surface area contributed by atoms with E-state index in [1.165, 1.54) is 0 Å². The molecule has 0 spiro atoms. The molecule has 194 valence electrons. The van der Waals surface area contributed by atoms with Gasteiger partial charge in [0.1, 0.15) is 5.82 Å². The summed E-state index contributed by atoms with van der Waals surface area (Å²) in [4.78, 5) is 27.2. The van der Waals surface area contributed by atoms with Crippen molar-refractivity contribution in [1.82, 2.24) is 0 Å². The van der Waals surface area contributed by atoms with Crippen molar-refractivity contribution in [3.8, 4) is 22.3 Å². The molecule has 0 bridgehead atoms. The van der Waals surface area contributed by atoms with E-state index in [1.807, 2.05) is 71.0 Å². The lowest BCUT2D eigenvalue weighted by atomic mass is 9.78. The summed E-state index contributed by atoms with van der Waals surface area (Å²) >= 11 is 6.41. The lowest BCUT2D eigenvalue weighted by Gasteiger charge is -2.25. The van der Waals surface area contributed by atoms with Crippen LogP contribution in [-0.4, -0.2) is 0 Å². The third-order valence-corrected chi connectivity index (χ3v) is 7.28. The van der Waals surface area contributed by atoms with Crippen LogP contribution < -0.4 is 10.9 Å². The number of hydrogen-bond acceptors (Lipinski definition) is 2. The molecule has 0 saturated heterocycles. The van der Waals surface area contributed by atoms with Crippen molar-refractivity contribution in [1.29, 1.82) is 0 Å². The zero-order valence-corrected chi connectivity index (χ0v) is 23.2. The smallest absolute Gasteiger partial charge is 0.190 e. The fraction of sp³-hybridized carbons (Fsp3) is 0.235. The summed E-state index contributed by atoms with van der Waals surface area (Å²) in [6, 6.07) is 26.7. The summed E-state index contributed by atoms with van der Waals surface area (Å²) in [7, 11) is 0. The van der Waals surface area contributed by atoms with E-state index in [-0.39, 0.29) is 28.3 Å². The predicted molar refractivity (Wildman–Crippen MR) is 157 cm³/mol. The zero-order valence-electron chi connectivity index (χ0n) is 22.4. The Hall–Kier alpha value is -3.56. The molecular formula is C34H32ClFO2. The summed E-state index contributed by atoms with van der Waals surface area (Å²) in [6.07, 6.45) is 0.271. The van der Waals surface area contributed by atoms with Gasteiger partial charge in [-0.2, -0.15) is 0 Å². The van der Waals surface area contributed by atoms with Crippen LogP contribution in [0.5, 0.6) is 0 Å². The molecule has 4 aromatic carbocycles. The molecule has 0 aliphatic heterocycles. The van der Waals surface area contributed by atoms with Gasteiger partial charge in [0.2, 0.25) is 0 Å². The van der Waals surface area contributed by atoms with E-state index in [0.717, 1.165) is 0 Å². The molecule has 0 atom stereocenters. The van der Waals surface area contributed by atoms with E-state index in [2.05, 4.69) is 0 Å². The number of benzene rings is 2. The molecular weight excluding hydrogens is 495 g/mol. The van der Waals surface area contributed by atoms with E-state index in [1.54, 1.807) is 54.6 Å². The van der Waals surface area contributed by atoms with E-state index in [9.17, 15) is 9.59 Å².